The molecule has 2 N–H and O–H groups in total. The summed E-state index contributed by atoms with van der Waals surface area (Å²) in [5, 5.41) is 2.69. The zero-order valence-electron chi connectivity index (χ0n) is 16.3. The normalized spacial score (nSPS) is 11.2. The molecule has 0 atom stereocenters. The smallest absolute Gasteiger partial charge is 0.263 e. The minimum absolute atomic E-state index is 0.0658. The molecule has 0 aliphatic rings. The second kappa shape index (κ2) is 9.71. The Morgan fingerprint density at radius 3 is 2.40 bits per heavy atom. The van der Waals surface area contributed by atoms with Gasteiger partial charge in [-0.05, 0) is 67.1 Å². The van der Waals surface area contributed by atoms with Gasteiger partial charge in [0.15, 0.2) is 0 Å². The van der Waals surface area contributed by atoms with Gasteiger partial charge in [-0.2, -0.15) is 0 Å². The largest absolute Gasteiger partial charge is 0.494 e. The van der Waals surface area contributed by atoms with Gasteiger partial charge in [-0.15, -0.1) is 0 Å². The molecule has 1 aromatic heterocycles. The van der Waals surface area contributed by atoms with Crippen molar-refractivity contribution in [2.75, 3.05) is 16.6 Å². The van der Waals surface area contributed by atoms with Gasteiger partial charge >= 0.3 is 0 Å². The highest BCUT2D eigenvalue weighted by molar-refractivity contribution is 7.92. The molecule has 0 fully saturated rings. The standard InChI is InChI=1S/C22H21N3O4S/c1-2-29-19-11-6-17(7-12-19)8-15-22(26)24-18-9-13-20(14-10-18)30(27,28)25-21-5-3-4-16-23-21/h3-16H,2H2,1H3,(H,23,25)(H,24,26)/b15-8+. The first kappa shape index (κ1) is 21.1. The molecule has 0 radical (unpaired) electrons. The Labute approximate surface area is 175 Å². The molecule has 154 valence electrons. The predicted molar refractivity (Wildman–Crippen MR) is 117 cm³/mol. The zero-order chi connectivity index (χ0) is 21.4. The van der Waals surface area contributed by atoms with Gasteiger partial charge in [0.1, 0.15) is 11.6 Å². The lowest BCUT2D eigenvalue weighted by molar-refractivity contribution is -0.111. The number of benzene rings is 2. The molecule has 7 nitrogen and oxygen atoms in total. The summed E-state index contributed by atoms with van der Waals surface area (Å²) in [4.78, 5) is 16.1. The molecule has 3 rings (SSSR count). The molecule has 2 aromatic carbocycles. The summed E-state index contributed by atoms with van der Waals surface area (Å²) in [5.41, 5.74) is 1.34. The van der Waals surface area contributed by atoms with Crippen LogP contribution in [0.4, 0.5) is 11.5 Å². The molecule has 0 aliphatic heterocycles. The van der Waals surface area contributed by atoms with E-state index in [1.165, 1.54) is 36.5 Å². The van der Waals surface area contributed by atoms with E-state index in [0.717, 1.165) is 11.3 Å². The van der Waals surface area contributed by atoms with Crippen LogP contribution < -0.4 is 14.8 Å². The molecular weight excluding hydrogens is 402 g/mol. The highest BCUT2D eigenvalue weighted by atomic mass is 32.2. The van der Waals surface area contributed by atoms with Gasteiger partial charge in [-0.1, -0.05) is 18.2 Å². The van der Waals surface area contributed by atoms with Gasteiger partial charge in [0.2, 0.25) is 5.91 Å². The van der Waals surface area contributed by atoms with Crippen LogP contribution in [0.2, 0.25) is 0 Å². The molecule has 0 aliphatic carbocycles. The van der Waals surface area contributed by atoms with Crippen molar-refractivity contribution in [3.8, 4) is 5.75 Å². The maximum absolute atomic E-state index is 12.4. The van der Waals surface area contributed by atoms with E-state index in [1.54, 1.807) is 24.3 Å². The number of amides is 1. The van der Waals surface area contributed by atoms with E-state index in [9.17, 15) is 13.2 Å². The molecule has 0 bridgehead atoms. The first-order valence-electron chi connectivity index (χ1n) is 9.22. The third-order valence-electron chi connectivity index (χ3n) is 3.95. The van der Waals surface area contributed by atoms with Gasteiger partial charge in [-0.25, -0.2) is 13.4 Å². The van der Waals surface area contributed by atoms with Crippen LogP contribution >= 0.6 is 0 Å². The number of sulfonamides is 1. The Kier molecular flexibility index (Phi) is 6.82. The number of nitrogens with one attached hydrogen (secondary N) is 2. The molecule has 3 aromatic rings. The van der Waals surface area contributed by atoms with Crippen molar-refractivity contribution in [3.63, 3.8) is 0 Å². The van der Waals surface area contributed by atoms with E-state index in [2.05, 4.69) is 15.0 Å². The number of ether oxygens (including phenoxy) is 1. The van der Waals surface area contributed by atoms with Crippen molar-refractivity contribution >= 4 is 33.5 Å². The number of hydrogen-bond donors (Lipinski definition) is 2. The average molecular weight is 423 g/mol. The number of pyridine rings is 1. The van der Waals surface area contributed by atoms with Gasteiger partial charge in [-0.3, -0.25) is 9.52 Å². The average Bonchev–Trinajstić information content (AvgIpc) is 2.74. The van der Waals surface area contributed by atoms with Gasteiger partial charge in [0.25, 0.3) is 10.0 Å². The van der Waals surface area contributed by atoms with Crippen LogP contribution in [0.5, 0.6) is 5.75 Å². The summed E-state index contributed by atoms with van der Waals surface area (Å²) < 4.78 is 32.6. The van der Waals surface area contributed by atoms with Crippen LogP contribution in [0, 0.1) is 0 Å². The lowest BCUT2D eigenvalue weighted by Crippen LogP contribution is -2.14. The molecule has 0 saturated heterocycles. The fraction of sp³-hybridized carbons (Fsp3) is 0.0909. The summed E-state index contributed by atoms with van der Waals surface area (Å²) in [6.07, 6.45) is 4.58. The third kappa shape index (κ3) is 5.92. The second-order valence-electron chi connectivity index (χ2n) is 6.17. The number of rotatable bonds is 8. The summed E-state index contributed by atoms with van der Waals surface area (Å²) in [6, 6.07) is 18.2. The van der Waals surface area contributed by atoms with Crippen LogP contribution in [0.1, 0.15) is 12.5 Å². The number of hydrogen-bond acceptors (Lipinski definition) is 5. The molecule has 0 spiro atoms. The Morgan fingerprint density at radius 1 is 1.03 bits per heavy atom. The number of carbonyl (C=O) groups excluding carboxylic acids is 1. The van der Waals surface area contributed by atoms with Crippen LogP contribution in [-0.4, -0.2) is 25.9 Å². The maximum Gasteiger partial charge on any atom is 0.263 e. The van der Waals surface area contributed by atoms with E-state index in [-0.39, 0.29) is 16.6 Å². The zero-order valence-corrected chi connectivity index (χ0v) is 17.1. The Balaban J connectivity index is 1.60. The van der Waals surface area contributed by atoms with E-state index in [1.807, 2.05) is 31.2 Å². The molecule has 1 amide bonds. The van der Waals surface area contributed by atoms with E-state index in [4.69, 9.17) is 4.74 Å². The molecule has 8 heteroatoms. The van der Waals surface area contributed by atoms with E-state index in [0.29, 0.717) is 12.3 Å². The number of carbonyl (C=O) groups is 1. The van der Waals surface area contributed by atoms with Crippen molar-refractivity contribution in [2.45, 2.75) is 11.8 Å². The van der Waals surface area contributed by atoms with Crippen molar-refractivity contribution in [1.82, 2.24) is 4.98 Å². The highest BCUT2D eigenvalue weighted by Gasteiger charge is 2.14. The number of nitrogens with zero attached hydrogens (tertiary/aromatic N) is 1. The summed E-state index contributed by atoms with van der Waals surface area (Å²) in [5.74, 6) is 0.673. The van der Waals surface area contributed by atoms with E-state index >= 15 is 0 Å². The lowest BCUT2D eigenvalue weighted by Gasteiger charge is -2.08. The van der Waals surface area contributed by atoms with Crippen molar-refractivity contribution in [3.05, 3.63) is 84.6 Å². The minimum atomic E-state index is -3.76. The SMILES string of the molecule is CCOc1ccc(/C=C/C(=O)Nc2ccc(S(=O)(=O)Nc3ccccn3)cc2)cc1. The lowest BCUT2D eigenvalue weighted by atomic mass is 10.2. The molecule has 1 heterocycles. The molecular formula is C22H21N3O4S. The molecule has 0 unspecified atom stereocenters. The van der Waals surface area contributed by atoms with E-state index < -0.39 is 10.0 Å². The van der Waals surface area contributed by atoms with Gasteiger partial charge in [0.05, 0.1) is 11.5 Å². The summed E-state index contributed by atoms with van der Waals surface area (Å²) in [6.45, 7) is 2.51. The van der Waals surface area contributed by atoms with Crippen molar-refractivity contribution in [1.29, 1.82) is 0 Å². The van der Waals surface area contributed by atoms with Gasteiger partial charge in [0, 0.05) is 18.0 Å². The van der Waals surface area contributed by atoms with Crippen LogP contribution in [0.15, 0.2) is 83.9 Å². The fourth-order valence-electron chi connectivity index (χ4n) is 2.53. The Bertz CT molecular complexity index is 1110. The number of anilines is 2. The Morgan fingerprint density at radius 2 is 1.77 bits per heavy atom. The van der Waals surface area contributed by atoms with Crippen LogP contribution in [0.3, 0.4) is 0 Å². The number of aromatic nitrogens is 1. The van der Waals surface area contributed by atoms with Crippen molar-refractivity contribution in [2.24, 2.45) is 0 Å². The quantitative estimate of drug-likeness (QED) is 0.535. The first-order valence-corrected chi connectivity index (χ1v) is 10.7. The predicted octanol–water partition coefficient (Wildman–Crippen LogP) is 3.93. The van der Waals surface area contributed by atoms with Crippen LogP contribution in [0.25, 0.3) is 6.08 Å². The topological polar surface area (TPSA) is 97.4 Å². The minimum Gasteiger partial charge on any atom is -0.494 e. The first-order chi connectivity index (χ1) is 14.5. The molecule has 0 saturated carbocycles. The van der Waals surface area contributed by atoms with Crippen molar-refractivity contribution < 1.29 is 17.9 Å². The second-order valence-corrected chi connectivity index (χ2v) is 7.85. The third-order valence-corrected chi connectivity index (χ3v) is 5.32. The summed E-state index contributed by atoms with van der Waals surface area (Å²) in [7, 11) is -3.76. The summed E-state index contributed by atoms with van der Waals surface area (Å²) >= 11 is 0. The van der Waals surface area contributed by atoms with Gasteiger partial charge < -0.3 is 10.1 Å². The van der Waals surface area contributed by atoms with Crippen LogP contribution in [-0.2, 0) is 14.8 Å². The Hall–Kier alpha value is -3.65. The fourth-order valence-corrected chi connectivity index (χ4v) is 3.54. The monoisotopic (exact) mass is 423 g/mol. The molecule has 30 heavy (non-hydrogen) atoms. The highest BCUT2D eigenvalue weighted by Crippen LogP contribution is 2.17. The maximum atomic E-state index is 12.4.